The van der Waals surface area contributed by atoms with Gasteiger partial charge in [0.25, 0.3) is 5.91 Å². The van der Waals surface area contributed by atoms with Crippen molar-refractivity contribution >= 4 is 5.91 Å². The van der Waals surface area contributed by atoms with Crippen molar-refractivity contribution in [3.63, 3.8) is 0 Å². The third-order valence-electron chi connectivity index (χ3n) is 4.62. The van der Waals surface area contributed by atoms with E-state index in [1.54, 1.807) is 4.68 Å². The summed E-state index contributed by atoms with van der Waals surface area (Å²) in [5.74, 6) is 0.0293. The number of aromatic nitrogens is 3. The molecule has 0 bridgehead atoms. The Morgan fingerprint density at radius 3 is 2.56 bits per heavy atom. The summed E-state index contributed by atoms with van der Waals surface area (Å²) in [6, 6.07) is 12.3. The van der Waals surface area contributed by atoms with E-state index in [0.717, 1.165) is 34.4 Å². The number of hydrogen-bond acceptors (Lipinski definition) is 3. The third kappa shape index (κ3) is 2.93. The molecule has 4 rings (SSSR count). The van der Waals surface area contributed by atoms with Crippen molar-refractivity contribution in [1.29, 1.82) is 0 Å². The Kier molecular flexibility index (Phi) is 3.84. The molecule has 3 aromatic rings. The van der Waals surface area contributed by atoms with Crippen LogP contribution < -0.4 is 0 Å². The van der Waals surface area contributed by atoms with Crippen molar-refractivity contribution < 1.29 is 4.79 Å². The van der Waals surface area contributed by atoms with E-state index in [1.165, 1.54) is 0 Å². The first-order valence-corrected chi connectivity index (χ1v) is 8.50. The lowest BCUT2D eigenvalue weighted by Gasteiger charge is -2.15. The Labute approximate surface area is 146 Å². The first-order chi connectivity index (χ1) is 12.1. The fourth-order valence-corrected chi connectivity index (χ4v) is 3.19. The molecule has 1 amide bonds. The van der Waals surface area contributed by atoms with Crippen molar-refractivity contribution in [2.45, 2.75) is 26.4 Å². The van der Waals surface area contributed by atoms with Crippen LogP contribution in [0.25, 0.3) is 11.1 Å². The Hall–Kier alpha value is -2.95. The second kappa shape index (κ2) is 6.16. The van der Waals surface area contributed by atoms with E-state index in [1.807, 2.05) is 36.5 Å². The molecule has 1 aliphatic rings. The molecule has 0 fully saturated rings. The van der Waals surface area contributed by atoms with Crippen LogP contribution in [-0.2, 0) is 26.6 Å². The van der Waals surface area contributed by atoms with E-state index in [2.05, 4.69) is 41.3 Å². The highest BCUT2D eigenvalue weighted by molar-refractivity contribution is 5.96. The standard InChI is InChI=1S/C20H20N4O/c1-3-18-9-8-16-13-24(20(25)19(16)22-18)11-14-4-6-15(7-5-14)17-10-21-23(2)12-17/h4-10,12H,3,11,13H2,1-2H3. The number of carbonyl (C=O) groups is 1. The van der Waals surface area contributed by atoms with Crippen LogP contribution in [0.4, 0.5) is 0 Å². The molecule has 0 radical (unpaired) electrons. The van der Waals surface area contributed by atoms with Gasteiger partial charge in [0.15, 0.2) is 0 Å². The van der Waals surface area contributed by atoms with Crippen molar-refractivity contribution in [2.24, 2.45) is 7.05 Å². The highest BCUT2D eigenvalue weighted by Crippen LogP contribution is 2.25. The van der Waals surface area contributed by atoms with Gasteiger partial charge in [-0.15, -0.1) is 0 Å². The quantitative estimate of drug-likeness (QED) is 0.737. The zero-order valence-electron chi connectivity index (χ0n) is 14.4. The molecule has 0 spiro atoms. The summed E-state index contributed by atoms with van der Waals surface area (Å²) in [6.07, 6.45) is 4.69. The number of amides is 1. The van der Waals surface area contributed by atoms with Crippen molar-refractivity contribution in [1.82, 2.24) is 19.7 Å². The SMILES string of the molecule is CCc1ccc2c(n1)C(=O)N(Cc1ccc(-c3cnn(C)c3)cc1)C2. The molecule has 0 atom stereocenters. The molecule has 25 heavy (non-hydrogen) atoms. The topological polar surface area (TPSA) is 51.0 Å². The molecule has 0 N–H and O–H groups in total. The summed E-state index contributed by atoms with van der Waals surface area (Å²) in [4.78, 5) is 19.0. The highest BCUT2D eigenvalue weighted by Gasteiger charge is 2.28. The summed E-state index contributed by atoms with van der Waals surface area (Å²) in [5, 5.41) is 4.20. The van der Waals surface area contributed by atoms with E-state index < -0.39 is 0 Å². The Morgan fingerprint density at radius 1 is 1.08 bits per heavy atom. The Morgan fingerprint density at radius 2 is 1.88 bits per heavy atom. The normalized spacial score (nSPS) is 13.4. The summed E-state index contributed by atoms with van der Waals surface area (Å²) < 4.78 is 1.79. The number of fused-ring (bicyclic) bond motifs is 1. The number of aryl methyl sites for hydroxylation is 2. The third-order valence-corrected chi connectivity index (χ3v) is 4.62. The van der Waals surface area contributed by atoms with Crippen LogP contribution in [0.15, 0.2) is 48.8 Å². The largest absolute Gasteiger partial charge is 0.329 e. The molecule has 1 aliphatic heterocycles. The Balaban J connectivity index is 1.50. The summed E-state index contributed by atoms with van der Waals surface area (Å²) >= 11 is 0. The lowest BCUT2D eigenvalue weighted by molar-refractivity contribution is 0.0762. The second-order valence-corrected chi connectivity index (χ2v) is 6.42. The summed E-state index contributed by atoms with van der Waals surface area (Å²) in [7, 11) is 1.91. The van der Waals surface area contributed by atoms with Crippen molar-refractivity contribution in [3.8, 4) is 11.1 Å². The molecule has 0 saturated carbocycles. The predicted molar refractivity (Wildman–Crippen MR) is 95.8 cm³/mol. The maximum absolute atomic E-state index is 12.6. The highest BCUT2D eigenvalue weighted by atomic mass is 16.2. The first kappa shape index (κ1) is 15.6. The van der Waals surface area contributed by atoms with Crippen LogP contribution in [-0.4, -0.2) is 25.6 Å². The molecule has 126 valence electrons. The van der Waals surface area contributed by atoms with Gasteiger partial charge in [0, 0.05) is 43.2 Å². The van der Waals surface area contributed by atoms with E-state index in [0.29, 0.717) is 18.8 Å². The molecule has 2 aromatic heterocycles. The minimum Gasteiger partial charge on any atom is -0.329 e. The second-order valence-electron chi connectivity index (χ2n) is 6.42. The number of benzene rings is 1. The van der Waals surface area contributed by atoms with Gasteiger partial charge in [-0.25, -0.2) is 4.98 Å². The maximum Gasteiger partial charge on any atom is 0.273 e. The van der Waals surface area contributed by atoms with E-state index in [9.17, 15) is 4.79 Å². The number of hydrogen-bond donors (Lipinski definition) is 0. The van der Waals surface area contributed by atoms with Gasteiger partial charge in [0.1, 0.15) is 5.69 Å². The molecule has 1 aromatic carbocycles. The zero-order chi connectivity index (χ0) is 17.4. The van der Waals surface area contributed by atoms with E-state index >= 15 is 0 Å². The molecule has 0 unspecified atom stereocenters. The zero-order valence-corrected chi connectivity index (χ0v) is 14.4. The van der Waals surface area contributed by atoms with Gasteiger partial charge < -0.3 is 4.90 Å². The van der Waals surface area contributed by atoms with E-state index in [4.69, 9.17) is 0 Å². The molecule has 0 saturated heterocycles. The minimum absolute atomic E-state index is 0.0293. The van der Waals surface area contributed by atoms with Gasteiger partial charge in [-0.05, 0) is 23.6 Å². The van der Waals surface area contributed by atoms with Gasteiger partial charge in [0.05, 0.1) is 6.20 Å². The number of rotatable bonds is 4. The van der Waals surface area contributed by atoms with Crippen LogP contribution in [0.1, 0.15) is 34.2 Å². The van der Waals surface area contributed by atoms with Gasteiger partial charge >= 0.3 is 0 Å². The summed E-state index contributed by atoms with van der Waals surface area (Å²) in [5.41, 5.74) is 5.94. The van der Waals surface area contributed by atoms with Crippen molar-refractivity contribution in [3.05, 3.63) is 71.3 Å². The van der Waals surface area contributed by atoms with Gasteiger partial charge in [-0.2, -0.15) is 5.10 Å². The lowest BCUT2D eigenvalue weighted by Crippen LogP contribution is -2.23. The van der Waals surface area contributed by atoms with Gasteiger partial charge in [0.2, 0.25) is 0 Å². The van der Waals surface area contributed by atoms with Crippen LogP contribution >= 0.6 is 0 Å². The smallest absolute Gasteiger partial charge is 0.273 e. The molecule has 5 heteroatoms. The Bertz CT molecular complexity index is 927. The van der Waals surface area contributed by atoms with Crippen LogP contribution in [0.3, 0.4) is 0 Å². The van der Waals surface area contributed by atoms with Crippen LogP contribution in [0, 0.1) is 0 Å². The van der Waals surface area contributed by atoms with E-state index in [-0.39, 0.29) is 5.91 Å². The molecular formula is C20H20N4O. The molecule has 5 nitrogen and oxygen atoms in total. The fraction of sp³-hybridized carbons (Fsp3) is 0.250. The monoisotopic (exact) mass is 332 g/mol. The fourth-order valence-electron chi connectivity index (χ4n) is 3.19. The predicted octanol–water partition coefficient (Wildman–Crippen LogP) is 3.20. The molecule has 3 heterocycles. The van der Waals surface area contributed by atoms with Crippen LogP contribution in [0.2, 0.25) is 0 Å². The number of carbonyl (C=O) groups excluding carboxylic acids is 1. The average Bonchev–Trinajstić information content (AvgIpc) is 3.20. The molecule has 0 aliphatic carbocycles. The molecular weight excluding hydrogens is 312 g/mol. The number of nitrogens with zero attached hydrogens (tertiary/aromatic N) is 4. The lowest BCUT2D eigenvalue weighted by atomic mass is 10.1. The first-order valence-electron chi connectivity index (χ1n) is 8.50. The van der Waals surface area contributed by atoms with Gasteiger partial charge in [-0.1, -0.05) is 37.3 Å². The number of pyridine rings is 1. The van der Waals surface area contributed by atoms with Gasteiger partial charge in [-0.3, -0.25) is 9.48 Å². The summed E-state index contributed by atoms with van der Waals surface area (Å²) in [6.45, 7) is 3.29. The van der Waals surface area contributed by atoms with Crippen LogP contribution in [0.5, 0.6) is 0 Å². The minimum atomic E-state index is 0.0293. The maximum atomic E-state index is 12.6. The average molecular weight is 332 g/mol. The van der Waals surface area contributed by atoms with Crippen molar-refractivity contribution in [2.75, 3.05) is 0 Å².